The van der Waals surface area contributed by atoms with Gasteiger partial charge in [-0.25, -0.2) is 4.79 Å². The number of benzene rings is 2. The third kappa shape index (κ3) is 4.11. The van der Waals surface area contributed by atoms with Gasteiger partial charge in [-0.05, 0) is 53.4 Å². The monoisotopic (exact) mass is 499 g/mol. The molecule has 3 aromatic rings. The fourth-order valence-corrected chi connectivity index (χ4v) is 6.25. The maximum atomic E-state index is 13.5. The van der Waals surface area contributed by atoms with Gasteiger partial charge in [0.15, 0.2) is 0 Å². The molecule has 6 rings (SSSR count). The van der Waals surface area contributed by atoms with Crippen LogP contribution in [-0.4, -0.2) is 53.3 Å². The minimum Gasteiger partial charge on any atom is -0.497 e. The third-order valence-corrected chi connectivity index (χ3v) is 8.45. The van der Waals surface area contributed by atoms with E-state index in [1.54, 1.807) is 13.3 Å². The summed E-state index contributed by atoms with van der Waals surface area (Å²) in [6.45, 7) is 5.94. The minimum absolute atomic E-state index is 0.277. The van der Waals surface area contributed by atoms with Gasteiger partial charge in [0, 0.05) is 51.3 Å². The van der Waals surface area contributed by atoms with E-state index >= 15 is 0 Å². The van der Waals surface area contributed by atoms with Gasteiger partial charge in [0.2, 0.25) is 0 Å². The summed E-state index contributed by atoms with van der Waals surface area (Å²) < 4.78 is 17.4. The van der Waals surface area contributed by atoms with Crippen molar-refractivity contribution in [2.75, 3.05) is 26.8 Å². The average molecular weight is 500 g/mol. The largest absolute Gasteiger partial charge is 0.497 e. The summed E-state index contributed by atoms with van der Waals surface area (Å²) in [5, 5.41) is 0. The van der Waals surface area contributed by atoms with Crippen LogP contribution in [0.1, 0.15) is 42.0 Å². The topological polar surface area (TPSA) is 64.1 Å². The van der Waals surface area contributed by atoms with Crippen LogP contribution in [0.25, 0.3) is 0 Å². The predicted molar refractivity (Wildman–Crippen MR) is 139 cm³/mol. The Morgan fingerprint density at radius 2 is 1.86 bits per heavy atom. The molecule has 2 aromatic carbocycles. The summed E-state index contributed by atoms with van der Waals surface area (Å²) in [5.41, 5.74) is 3.32. The number of amides is 1. The summed E-state index contributed by atoms with van der Waals surface area (Å²) in [6, 6.07) is 18.4. The predicted octanol–water partition coefficient (Wildman–Crippen LogP) is 4.93. The van der Waals surface area contributed by atoms with Gasteiger partial charge in [-0.1, -0.05) is 30.3 Å². The molecule has 3 aliphatic rings. The van der Waals surface area contributed by atoms with Gasteiger partial charge in [-0.15, -0.1) is 0 Å². The molecule has 1 spiro atoms. The van der Waals surface area contributed by atoms with Crippen molar-refractivity contribution in [1.29, 1.82) is 0 Å². The number of rotatable bonds is 6. The zero-order valence-electron chi connectivity index (χ0n) is 21.5. The number of likely N-dealkylation sites (tertiary alicyclic amines) is 1. The second-order valence-electron chi connectivity index (χ2n) is 10.4. The molecule has 1 aromatic heterocycles. The van der Waals surface area contributed by atoms with Gasteiger partial charge < -0.3 is 14.2 Å². The van der Waals surface area contributed by atoms with Crippen molar-refractivity contribution in [3.05, 3.63) is 89.2 Å². The number of hydrogen-bond acceptors (Lipinski definition) is 6. The molecule has 1 atom stereocenters. The highest BCUT2D eigenvalue weighted by molar-refractivity contribution is 5.73. The number of nitrogens with zero attached hydrogens (tertiary/aromatic N) is 3. The zero-order chi connectivity index (χ0) is 25.5. The highest BCUT2D eigenvalue weighted by Crippen LogP contribution is 2.52. The van der Waals surface area contributed by atoms with E-state index in [-0.39, 0.29) is 6.09 Å². The molecule has 2 saturated heterocycles. The van der Waals surface area contributed by atoms with E-state index in [2.05, 4.69) is 41.1 Å². The molecule has 2 fully saturated rings. The van der Waals surface area contributed by atoms with Crippen molar-refractivity contribution in [1.82, 2.24) is 14.8 Å². The molecule has 0 N–H and O–H groups in total. The maximum absolute atomic E-state index is 13.5. The summed E-state index contributed by atoms with van der Waals surface area (Å²) in [6.07, 6.45) is 5.87. The molecule has 192 valence electrons. The van der Waals surface area contributed by atoms with E-state index in [1.165, 1.54) is 11.1 Å². The lowest BCUT2D eigenvalue weighted by Gasteiger charge is -2.48. The molecule has 0 radical (unpaired) electrons. The molecule has 7 heteroatoms. The highest BCUT2D eigenvalue weighted by atomic mass is 16.6. The fourth-order valence-electron chi connectivity index (χ4n) is 6.25. The van der Waals surface area contributed by atoms with Crippen LogP contribution < -0.4 is 9.47 Å². The van der Waals surface area contributed by atoms with Crippen molar-refractivity contribution in [3.8, 4) is 11.5 Å². The second-order valence-corrected chi connectivity index (χ2v) is 10.4. The first-order valence-corrected chi connectivity index (χ1v) is 13.0. The van der Waals surface area contributed by atoms with Crippen LogP contribution in [0.15, 0.2) is 67.0 Å². The normalized spacial score (nSPS) is 22.5. The first-order valence-electron chi connectivity index (χ1n) is 13.0. The number of carbonyl (C=O) groups is 1. The minimum atomic E-state index is -0.654. The molecule has 0 aliphatic carbocycles. The summed E-state index contributed by atoms with van der Waals surface area (Å²) in [7, 11) is 1.66. The summed E-state index contributed by atoms with van der Waals surface area (Å²) in [5.74, 6) is 1.79. The fraction of sp³-hybridized carbons (Fsp3) is 0.400. The smallest absolute Gasteiger partial charge is 0.411 e. The van der Waals surface area contributed by atoms with Crippen LogP contribution >= 0.6 is 0 Å². The first-order chi connectivity index (χ1) is 18.0. The van der Waals surface area contributed by atoms with Gasteiger partial charge in [0.1, 0.15) is 22.6 Å². The Morgan fingerprint density at radius 1 is 1.03 bits per heavy atom. The Morgan fingerprint density at radius 3 is 2.65 bits per heavy atom. The molecule has 3 aliphatic heterocycles. The number of methoxy groups -OCH3 is 1. The molecular weight excluding hydrogens is 466 g/mol. The zero-order valence-corrected chi connectivity index (χ0v) is 21.5. The Labute approximate surface area is 218 Å². The SMILES string of the molecule is COc1cccc(CN2C(=O)OC3(CCN(Cc4ccc5c(c4)CCO5)CC3)C2(C)c2cccnc2)c1. The van der Waals surface area contributed by atoms with Crippen LogP contribution in [0, 0.1) is 0 Å². The Balaban J connectivity index is 1.26. The van der Waals surface area contributed by atoms with Crippen LogP contribution in [0.2, 0.25) is 0 Å². The average Bonchev–Trinajstić information content (AvgIpc) is 3.48. The van der Waals surface area contributed by atoms with E-state index in [9.17, 15) is 4.79 Å². The molecule has 37 heavy (non-hydrogen) atoms. The number of aromatic nitrogens is 1. The van der Waals surface area contributed by atoms with Gasteiger partial charge >= 0.3 is 6.09 Å². The Hall–Kier alpha value is -3.58. The highest BCUT2D eigenvalue weighted by Gasteiger charge is 2.63. The van der Waals surface area contributed by atoms with Crippen molar-refractivity contribution < 1.29 is 19.0 Å². The van der Waals surface area contributed by atoms with Gasteiger partial charge in [0.05, 0.1) is 20.3 Å². The van der Waals surface area contributed by atoms with Crippen molar-refractivity contribution in [3.63, 3.8) is 0 Å². The van der Waals surface area contributed by atoms with Crippen molar-refractivity contribution in [2.45, 2.75) is 50.4 Å². The number of ether oxygens (including phenoxy) is 3. The van der Waals surface area contributed by atoms with E-state index in [0.29, 0.717) is 6.54 Å². The first kappa shape index (κ1) is 23.8. The molecule has 4 heterocycles. The van der Waals surface area contributed by atoms with E-state index in [4.69, 9.17) is 14.2 Å². The van der Waals surface area contributed by atoms with E-state index in [0.717, 1.165) is 68.1 Å². The second kappa shape index (κ2) is 9.38. The van der Waals surface area contributed by atoms with Crippen molar-refractivity contribution in [2.24, 2.45) is 0 Å². The van der Waals surface area contributed by atoms with Gasteiger partial charge in [0.25, 0.3) is 0 Å². The standard InChI is InChI=1S/C30H33N3O4/c1-29(25-6-4-13-31-19-25)30(37-28(34)33(29)21-22-5-3-7-26(18-22)35-2)11-14-32(15-12-30)20-23-8-9-27-24(17-23)10-16-36-27/h3-9,13,17-19H,10-12,14-16,20-21H2,1-2H3. The Bertz CT molecular complexity index is 1290. The van der Waals surface area contributed by atoms with Crippen LogP contribution in [0.4, 0.5) is 4.79 Å². The summed E-state index contributed by atoms with van der Waals surface area (Å²) in [4.78, 5) is 22.3. The molecular formula is C30H33N3O4. The lowest BCUT2D eigenvalue weighted by molar-refractivity contribution is -0.0615. The van der Waals surface area contributed by atoms with Gasteiger partial charge in [-0.2, -0.15) is 0 Å². The number of hydrogen-bond donors (Lipinski definition) is 0. The van der Waals surface area contributed by atoms with E-state index < -0.39 is 11.1 Å². The summed E-state index contributed by atoms with van der Waals surface area (Å²) >= 11 is 0. The lowest BCUT2D eigenvalue weighted by Crippen LogP contribution is -2.58. The molecule has 0 bridgehead atoms. The third-order valence-electron chi connectivity index (χ3n) is 8.45. The molecule has 7 nitrogen and oxygen atoms in total. The molecule has 1 amide bonds. The maximum Gasteiger partial charge on any atom is 0.411 e. The van der Waals surface area contributed by atoms with Crippen molar-refractivity contribution >= 4 is 6.09 Å². The quantitative estimate of drug-likeness (QED) is 0.479. The Kier molecular flexibility index (Phi) is 6.03. The molecule has 0 saturated carbocycles. The molecule has 1 unspecified atom stereocenters. The van der Waals surface area contributed by atoms with Crippen LogP contribution in [0.3, 0.4) is 0 Å². The number of fused-ring (bicyclic) bond motifs is 1. The van der Waals surface area contributed by atoms with Crippen LogP contribution in [-0.2, 0) is 29.8 Å². The lowest BCUT2D eigenvalue weighted by atomic mass is 9.70. The number of pyridine rings is 1. The number of carbonyl (C=O) groups excluding carboxylic acids is 1. The van der Waals surface area contributed by atoms with Crippen LogP contribution in [0.5, 0.6) is 11.5 Å². The number of piperidine rings is 1. The van der Waals surface area contributed by atoms with E-state index in [1.807, 2.05) is 41.4 Å². The van der Waals surface area contributed by atoms with Gasteiger partial charge in [-0.3, -0.25) is 14.8 Å².